The molecule has 0 radical (unpaired) electrons. The Hall–Kier alpha value is -1.50. The van der Waals surface area contributed by atoms with E-state index >= 15 is 0 Å². The number of carbonyl (C=O) groups is 1. The zero-order chi connectivity index (χ0) is 16.6. The standard InChI is InChI=1S/C17H21FN4O.2ClH/c1-10-11(2)21-16-14(6-13(18)7-15(16)20-10)17(23)22-5-4-12(9-22)8-19-3;;/h6-7,12,19H,4-5,8-9H2,1-3H3;2*1H. The Morgan fingerprint density at radius 2 is 1.96 bits per heavy atom. The van der Waals surface area contributed by atoms with Crippen LogP contribution in [0.15, 0.2) is 12.1 Å². The lowest BCUT2D eigenvalue weighted by Gasteiger charge is -2.18. The fourth-order valence-electron chi connectivity index (χ4n) is 3.10. The van der Waals surface area contributed by atoms with Gasteiger partial charge in [-0.2, -0.15) is 0 Å². The number of amides is 1. The SMILES string of the molecule is CNCC1CCN(C(=O)c2cc(F)cc3nc(C)c(C)nc23)C1.Cl.Cl. The van der Waals surface area contributed by atoms with Crippen LogP contribution in [0.5, 0.6) is 0 Å². The summed E-state index contributed by atoms with van der Waals surface area (Å²) in [5.41, 5.74) is 2.73. The van der Waals surface area contributed by atoms with E-state index < -0.39 is 5.82 Å². The molecule has 2 heterocycles. The van der Waals surface area contributed by atoms with E-state index in [-0.39, 0.29) is 30.7 Å². The molecular formula is C17H23Cl2FN4O. The van der Waals surface area contributed by atoms with Crippen molar-refractivity contribution in [1.82, 2.24) is 20.2 Å². The van der Waals surface area contributed by atoms with Crippen LogP contribution in [-0.2, 0) is 0 Å². The number of likely N-dealkylation sites (tertiary alicyclic amines) is 1. The summed E-state index contributed by atoms with van der Waals surface area (Å²) < 4.78 is 13.9. The Bertz CT molecular complexity index is 772. The molecule has 0 saturated carbocycles. The topological polar surface area (TPSA) is 58.1 Å². The number of benzene rings is 1. The molecule has 1 N–H and O–H groups in total. The predicted molar refractivity (Wildman–Crippen MR) is 101 cm³/mol. The molecule has 2 aromatic rings. The number of nitrogens with one attached hydrogen (secondary N) is 1. The Morgan fingerprint density at radius 1 is 1.28 bits per heavy atom. The summed E-state index contributed by atoms with van der Waals surface area (Å²) in [6.07, 6.45) is 0.962. The van der Waals surface area contributed by atoms with Crippen LogP contribution in [0.25, 0.3) is 11.0 Å². The molecule has 1 unspecified atom stereocenters. The molecule has 1 aromatic carbocycles. The van der Waals surface area contributed by atoms with Crippen LogP contribution in [0.3, 0.4) is 0 Å². The maximum absolute atomic E-state index is 13.9. The van der Waals surface area contributed by atoms with E-state index in [1.54, 1.807) is 4.90 Å². The lowest BCUT2D eigenvalue weighted by Crippen LogP contribution is -2.30. The third-order valence-electron chi connectivity index (χ3n) is 4.44. The van der Waals surface area contributed by atoms with Crippen LogP contribution in [0, 0.1) is 25.6 Å². The number of aromatic nitrogens is 2. The Kier molecular flexibility index (Phi) is 7.53. The van der Waals surface area contributed by atoms with E-state index in [0.29, 0.717) is 35.6 Å². The van der Waals surface area contributed by atoms with Crippen LogP contribution >= 0.6 is 24.8 Å². The smallest absolute Gasteiger partial charge is 0.256 e. The molecule has 8 heteroatoms. The van der Waals surface area contributed by atoms with Gasteiger partial charge in [-0.25, -0.2) is 14.4 Å². The molecule has 1 aromatic heterocycles. The second-order valence-corrected chi connectivity index (χ2v) is 6.18. The molecule has 1 atom stereocenters. The van der Waals surface area contributed by atoms with Gasteiger partial charge in [-0.05, 0) is 45.8 Å². The van der Waals surface area contributed by atoms with Gasteiger partial charge in [0.15, 0.2) is 0 Å². The van der Waals surface area contributed by atoms with Crippen molar-refractivity contribution >= 4 is 41.8 Å². The number of fused-ring (bicyclic) bond motifs is 1. The zero-order valence-electron chi connectivity index (χ0n) is 14.5. The normalized spacial score (nSPS) is 16.5. The first-order valence-electron chi connectivity index (χ1n) is 7.88. The van der Waals surface area contributed by atoms with Gasteiger partial charge in [-0.3, -0.25) is 4.79 Å². The summed E-state index contributed by atoms with van der Waals surface area (Å²) in [4.78, 5) is 23.5. The third kappa shape index (κ3) is 4.37. The fourth-order valence-corrected chi connectivity index (χ4v) is 3.10. The second kappa shape index (κ2) is 8.74. The van der Waals surface area contributed by atoms with Gasteiger partial charge >= 0.3 is 0 Å². The van der Waals surface area contributed by atoms with Crippen molar-refractivity contribution in [3.8, 4) is 0 Å². The number of hydrogen-bond donors (Lipinski definition) is 1. The third-order valence-corrected chi connectivity index (χ3v) is 4.44. The molecule has 138 valence electrons. The minimum absolute atomic E-state index is 0. The number of nitrogens with zero attached hydrogens (tertiary/aromatic N) is 3. The summed E-state index contributed by atoms with van der Waals surface area (Å²) in [7, 11) is 1.91. The van der Waals surface area contributed by atoms with Crippen molar-refractivity contribution in [3.63, 3.8) is 0 Å². The zero-order valence-corrected chi connectivity index (χ0v) is 16.1. The van der Waals surface area contributed by atoms with E-state index in [1.807, 2.05) is 20.9 Å². The number of aryl methyl sites for hydroxylation is 2. The minimum atomic E-state index is -0.454. The Morgan fingerprint density at radius 3 is 2.64 bits per heavy atom. The largest absolute Gasteiger partial charge is 0.338 e. The van der Waals surface area contributed by atoms with Crippen molar-refractivity contribution in [2.75, 3.05) is 26.7 Å². The molecule has 0 bridgehead atoms. The lowest BCUT2D eigenvalue weighted by atomic mass is 10.1. The minimum Gasteiger partial charge on any atom is -0.338 e. The average molecular weight is 389 g/mol. The van der Waals surface area contributed by atoms with Gasteiger partial charge in [0.1, 0.15) is 11.3 Å². The molecule has 1 amide bonds. The first-order chi connectivity index (χ1) is 11.0. The van der Waals surface area contributed by atoms with Crippen LogP contribution in [0.2, 0.25) is 0 Å². The van der Waals surface area contributed by atoms with Gasteiger partial charge in [-0.15, -0.1) is 24.8 Å². The highest BCUT2D eigenvalue weighted by molar-refractivity contribution is 6.04. The highest BCUT2D eigenvalue weighted by Crippen LogP contribution is 2.23. The fraction of sp³-hybridized carbons (Fsp3) is 0.471. The summed E-state index contributed by atoms with van der Waals surface area (Å²) in [6, 6.07) is 2.61. The summed E-state index contributed by atoms with van der Waals surface area (Å²) >= 11 is 0. The summed E-state index contributed by atoms with van der Waals surface area (Å²) in [5.74, 6) is -0.172. The molecule has 5 nitrogen and oxygen atoms in total. The van der Waals surface area contributed by atoms with E-state index in [1.165, 1.54) is 12.1 Å². The maximum atomic E-state index is 13.9. The molecule has 3 rings (SSSR count). The number of hydrogen-bond acceptors (Lipinski definition) is 4. The van der Waals surface area contributed by atoms with Crippen LogP contribution in [0.1, 0.15) is 28.2 Å². The van der Waals surface area contributed by atoms with E-state index in [2.05, 4.69) is 15.3 Å². The van der Waals surface area contributed by atoms with Gasteiger partial charge in [0, 0.05) is 19.2 Å². The van der Waals surface area contributed by atoms with E-state index in [9.17, 15) is 9.18 Å². The van der Waals surface area contributed by atoms with Gasteiger partial charge in [0.05, 0.1) is 22.5 Å². The Labute approximate surface area is 159 Å². The van der Waals surface area contributed by atoms with Gasteiger partial charge in [0.2, 0.25) is 0 Å². The van der Waals surface area contributed by atoms with Gasteiger partial charge in [0.25, 0.3) is 5.91 Å². The number of carbonyl (C=O) groups excluding carboxylic acids is 1. The molecule has 1 fully saturated rings. The highest BCUT2D eigenvalue weighted by Gasteiger charge is 2.28. The molecular weight excluding hydrogens is 366 g/mol. The van der Waals surface area contributed by atoms with Crippen LogP contribution in [-0.4, -0.2) is 47.5 Å². The molecule has 25 heavy (non-hydrogen) atoms. The van der Waals surface area contributed by atoms with Gasteiger partial charge < -0.3 is 10.2 Å². The highest BCUT2D eigenvalue weighted by atomic mass is 35.5. The Balaban J connectivity index is 0.00000156. The van der Waals surface area contributed by atoms with Crippen molar-refractivity contribution in [2.45, 2.75) is 20.3 Å². The first kappa shape index (κ1) is 21.5. The molecule has 0 aliphatic carbocycles. The van der Waals surface area contributed by atoms with Crippen molar-refractivity contribution in [1.29, 1.82) is 0 Å². The molecule has 1 aliphatic rings. The lowest BCUT2D eigenvalue weighted by molar-refractivity contribution is 0.0788. The van der Waals surface area contributed by atoms with Crippen molar-refractivity contribution < 1.29 is 9.18 Å². The molecule has 1 saturated heterocycles. The number of rotatable bonds is 3. The first-order valence-corrected chi connectivity index (χ1v) is 7.88. The molecule has 0 spiro atoms. The predicted octanol–water partition coefficient (Wildman–Crippen LogP) is 2.91. The maximum Gasteiger partial charge on any atom is 0.256 e. The summed E-state index contributed by atoms with van der Waals surface area (Å²) in [5, 5.41) is 3.14. The van der Waals surface area contributed by atoms with Crippen molar-refractivity contribution in [3.05, 3.63) is 34.9 Å². The summed E-state index contributed by atoms with van der Waals surface area (Å²) in [6.45, 7) is 5.94. The average Bonchev–Trinajstić information content (AvgIpc) is 2.96. The van der Waals surface area contributed by atoms with E-state index in [0.717, 1.165) is 24.4 Å². The van der Waals surface area contributed by atoms with Crippen LogP contribution < -0.4 is 5.32 Å². The van der Waals surface area contributed by atoms with Crippen LogP contribution in [0.4, 0.5) is 4.39 Å². The van der Waals surface area contributed by atoms with E-state index in [4.69, 9.17) is 0 Å². The number of halogens is 3. The monoisotopic (exact) mass is 388 g/mol. The molecule has 1 aliphatic heterocycles. The van der Waals surface area contributed by atoms with Crippen molar-refractivity contribution in [2.24, 2.45) is 5.92 Å². The second-order valence-electron chi connectivity index (χ2n) is 6.18. The van der Waals surface area contributed by atoms with Gasteiger partial charge in [-0.1, -0.05) is 0 Å². The quantitative estimate of drug-likeness (QED) is 0.877.